The lowest BCUT2D eigenvalue weighted by molar-refractivity contribution is -0.116. The van der Waals surface area contributed by atoms with E-state index in [-0.39, 0.29) is 18.4 Å². The van der Waals surface area contributed by atoms with Crippen molar-refractivity contribution in [1.82, 2.24) is 9.88 Å². The minimum Gasteiger partial charge on any atom is -0.329 e. The summed E-state index contributed by atoms with van der Waals surface area (Å²) < 4.78 is 0. The highest BCUT2D eigenvalue weighted by molar-refractivity contribution is 7.13. The van der Waals surface area contributed by atoms with Gasteiger partial charge in [0.2, 0.25) is 5.91 Å². The van der Waals surface area contributed by atoms with Crippen molar-refractivity contribution < 1.29 is 9.59 Å². The summed E-state index contributed by atoms with van der Waals surface area (Å²) in [7, 11) is 0. The number of aromatic nitrogens is 1. The molecule has 1 aromatic carbocycles. The van der Waals surface area contributed by atoms with E-state index in [2.05, 4.69) is 24.1 Å². The van der Waals surface area contributed by atoms with Crippen molar-refractivity contribution >= 4 is 39.9 Å². The van der Waals surface area contributed by atoms with Crippen LogP contribution in [0, 0.1) is 12.8 Å². The third kappa shape index (κ3) is 5.83. The molecule has 2 amide bonds. The number of anilines is 1. The van der Waals surface area contributed by atoms with Crippen LogP contribution in [0.1, 0.15) is 36.3 Å². The molecule has 0 radical (unpaired) electrons. The van der Waals surface area contributed by atoms with Crippen LogP contribution in [0.5, 0.6) is 0 Å². The third-order valence-electron chi connectivity index (χ3n) is 3.57. The molecule has 5 nitrogen and oxygen atoms in total. The van der Waals surface area contributed by atoms with Crippen LogP contribution >= 0.6 is 22.9 Å². The highest BCUT2D eigenvalue weighted by atomic mass is 35.5. The zero-order valence-corrected chi connectivity index (χ0v) is 16.2. The van der Waals surface area contributed by atoms with Crippen molar-refractivity contribution in [3.63, 3.8) is 0 Å². The van der Waals surface area contributed by atoms with Crippen LogP contribution in [-0.2, 0) is 4.79 Å². The molecular weight excluding hydrogens is 358 g/mol. The van der Waals surface area contributed by atoms with Gasteiger partial charge in [-0.05, 0) is 31.4 Å². The average molecular weight is 380 g/mol. The molecule has 2 rings (SSSR count). The topological polar surface area (TPSA) is 62.3 Å². The van der Waals surface area contributed by atoms with E-state index in [4.69, 9.17) is 11.6 Å². The minimum absolute atomic E-state index is 0.0323. The number of rotatable bonds is 7. The molecule has 0 aliphatic rings. The van der Waals surface area contributed by atoms with E-state index >= 15 is 0 Å². The quantitative estimate of drug-likeness (QED) is 0.782. The summed E-state index contributed by atoms with van der Waals surface area (Å²) in [6.07, 6.45) is 0.805. The van der Waals surface area contributed by atoms with Gasteiger partial charge in [0.15, 0.2) is 5.13 Å². The average Bonchev–Trinajstić information content (AvgIpc) is 2.96. The van der Waals surface area contributed by atoms with Crippen molar-refractivity contribution in [2.75, 3.05) is 18.4 Å². The molecule has 1 heterocycles. The second-order valence-electron chi connectivity index (χ2n) is 6.23. The maximum Gasteiger partial charge on any atom is 0.255 e. The fourth-order valence-electron chi connectivity index (χ4n) is 2.21. The van der Waals surface area contributed by atoms with Crippen LogP contribution in [0.4, 0.5) is 5.13 Å². The summed E-state index contributed by atoms with van der Waals surface area (Å²) in [6, 6.07) is 6.89. The van der Waals surface area contributed by atoms with E-state index in [1.807, 2.05) is 12.3 Å². The Morgan fingerprint density at radius 2 is 2.04 bits per heavy atom. The normalized spacial score (nSPS) is 10.8. The molecule has 0 aliphatic carbocycles. The lowest BCUT2D eigenvalue weighted by Gasteiger charge is -2.23. The summed E-state index contributed by atoms with van der Waals surface area (Å²) in [5.41, 5.74) is 1.26. The number of amides is 2. The predicted octanol–water partition coefficient (Wildman–Crippen LogP) is 4.23. The molecule has 134 valence electrons. The number of halogens is 1. The molecule has 25 heavy (non-hydrogen) atoms. The number of benzene rings is 1. The minimum atomic E-state index is -0.265. The second-order valence-corrected chi connectivity index (χ2v) is 7.50. The molecule has 0 atom stereocenters. The smallest absolute Gasteiger partial charge is 0.255 e. The molecule has 0 fully saturated rings. The molecule has 0 unspecified atom stereocenters. The number of nitrogens with one attached hydrogen (secondary N) is 1. The van der Waals surface area contributed by atoms with E-state index in [0.717, 1.165) is 12.1 Å². The summed E-state index contributed by atoms with van der Waals surface area (Å²) in [5, 5.41) is 5.53. The van der Waals surface area contributed by atoms with Gasteiger partial charge in [0.25, 0.3) is 5.91 Å². The summed E-state index contributed by atoms with van der Waals surface area (Å²) in [4.78, 5) is 30.9. The van der Waals surface area contributed by atoms with E-state index < -0.39 is 0 Å². The Morgan fingerprint density at radius 3 is 2.64 bits per heavy atom. The van der Waals surface area contributed by atoms with Crippen LogP contribution < -0.4 is 5.32 Å². The van der Waals surface area contributed by atoms with E-state index in [9.17, 15) is 9.59 Å². The van der Waals surface area contributed by atoms with E-state index in [1.165, 1.54) is 16.2 Å². The summed E-state index contributed by atoms with van der Waals surface area (Å²) in [6.45, 7) is 6.48. The van der Waals surface area contributed by atoms with Crippen molar-refractivity contribution in [3.05, 3.63) is 45.9 Å². The number of carbonyl (C=O) groups is 2. The Bertz CT molecular complexity index is 745. The van der Waals surface area contributed by atoms with Gasteiger partial charge in [-0.15, -0.1) is 11.3 Å². The summed E-state index contributed by atoms with van der Waals surface area (Å²) >= 11 is 7.50. The Morgan fingerprint density at radius 1 is 1.32 bits per heavy atom. The largest absolute Gasteiger partial charge is 0.329 e. The molecule has 0 saturated heterocycles. The number of nitrogens with zero attached hydrogens (tertiary/aromatic N) is 2. The predicted molar refractivity (Wildman–Crippen MR) is 102 cm³/mol. The van der Waals surface area contributed by atoms with Gasteiger partial charge in [-0.25, -0.2) is 4.98 Å². The molecular formula is C18H22ClN3O2S. The van der Waals surface area contributed by atoms with Crippen LogP contribution in [-0.4, -0.2) is 34.8 Å². The molecule has 0 bridgehead atoms. The van der Waals surface area contributed by atoms with Gasteiger partial charge in [-0.1, -0.05) is 37.6 Å². The van der Waals surface area contributed by atoms with E-state index in [0.29, 0.717) is 28.2 Å². The zero-order chi connectivity index (χ0) is 18.4. The van der Waals surface area contributed by atoms with Crippen molar-refractivity contribution in [2.24, 2.45) is 5.92 Å². The lowest BCUT2D eigenvalue weighted by atomic mass is 10.1. The first kappa shape index (κ1) is 19.4. The van der Waals surface area contributed by atoms with Gasteiger partial charge < -0.3 is 10.2 Å². The maximum absolute atomic E-state index is 12.8. The number of hydrogen-bond donors (Lipinski definition) is 1. The fraction of sp³-hybridized carbons (Fsp3) is 0.389. The van der Waals surface area contributed by atoms with Gasteiger partial charge >= 0.3 is 0 Å². The van der Waals surface area contributed by atoms with Gasteiger partial charge in [0.1, 0.15) is 6.54 Å². The Kier molecular flexibility index (Phi) is 6.96. The SMILES string of the molecule is Cc1csc(NC(=O)CN(CCC(C)C)C(=O)c2ccccc2Cl)n1. The van der Waals surface area contributed by atoms with Gasteiger partial charge in [-0.2, -0.15) is 0 Å². The fourth-order valence-corrected chi connectivity index (χ4v) is 3.14. The lowest BCUT2D eigenvalue weighted by Crippen LogP contribution is -2.39. The molecule has 0 saturated carbocycles. The number of hydrogen-bond acceptors (Lipinski definition) is 4. The van der Waals surface area contributed by atoms with Gasteiger partial charge in [0.05, 0.1) is 16.3 Å². The Hall–Kier alpha value is -1.92. The molecule has 0 aliphatic heterocycles. The maximum atomic E-state index is 12.8. The van der Waals surface area contributed by atoms with Crippen molar-refractivity contribution in [2.45, 2.75) is 27.2 Å². The van der Waals surface area contributed by atoms with Crippen molar-refractivity contribution in [1.29, 1.82) is 0 Å². The van der Waals surface area contributed by atoms with Gasteiger partial charge in [-0.3, -0.25) is 9.59 Å². The highest BCUT2D eigenvalue weighted by Gasteiger charge is 2.21. The zero-order valence-electron chi connectivity index (χ0n) is 14.6. The standard InChI is InChI=1S/C18H22ClN3O2S/c1-12(2)8-9-22(17(24)14-6-4-5-7-15(14)19)10-16(23)21-18-20-13(3)11-25-18/h4-7,11-12H,8-10H2,1-3H3,(H,20,21,23). The first-order valence-corrected chi connectivity index (χ1v) is 9.38. The summed E-state index contributed by atoms with van der Waals surface area (Å²) in [5.74, 6) is -0.0820. The first-order valence-electron chi connectivity index (χ1n) is 8.12. The molecule has 2 aromatic rings. The number of thiazole rings is 1. The molecule has 1 N–H and O–H groups in total. The Labute approximate surface area is 157 Å². The van der Waals surface area contributed by atoms with Crippen LogP contribution in [0.2, 0.25) is 5.02 Å². The molecule has 1 aromatic heterocycles. The Balaban J connectivity index is 2.10. The first-order chi connectivity index (χ1) is 11.9. The monoisotopic (exact) mass is 379 g/mol. The number of aryl methyl sites for hydroxylation is 1. The molecule has 7 heteroatoms. The van der Waals surface area contributed by atoms with Gasteiger partial charge in [0, 0.05) is 11.9 Å². The van der Waals surface area contributed by atoms with E-state index in [1.54, 1.807) is 24.3 Å². The van der Waals surface area contributed by atoms with Crippen LogP contribution in [0.3, 0.4) is 0 Å². The number of carbonyl (C=O) groups excluding carboxylic acids is 2. The van der Waals surface area contributed by atoms with Crippen molar-refractivity contribution in [3.8, 4) is 0 Å². The third-order valence-corrected chi connectivity index (χ3v) is 4.77. The highest BCUT2D eigenvalue weighted by Crippen LogP contribution is 2.18. The second kappa shape index (κ2) is 8.97. The van der Waals surface area contributed by atoms with Crippen LogP contribution in [0.25, 0.3) is 0 Å². The molecule has 0 spiro atoms. The van der Waals surface area contributed by atoms with Crippen LogP contribution in [0.15, 0.2) is 29.6 Å².